The third kappa shape index (κ3) is 6.96. The minimum absolute atomic E-state index is 0.0273. The molecule has 26 heavy (non-hydrogen) atoms. The summed E-state index contributed by atoms with van der Waals surface area (Å²) in [4.78, 5) is 12.0. The summed E-state index contributed by atoms with van der Waals surface area (Å²) in [6.45, 7) is 5.26. The predicted molar refractivity (Wildman–Crippen MR) is 106 cm³/mol. The molecule has 2 aromatic rings. The summed E-state index contributed by atoms with van der Waals surface area (Å²) in [7, 11) is 0. The van der Waals surface area contributed by atoms with Crippen LogP contribution in [0.3, 0.4) is 0 Å². The highest BCUT2D eigenvalue weighted by Gasteiger charge is 2.04. The number of unbranched alkanes of at least 4 members (excludes halogenated alkanes) is 1. The number of aryl methyl sites for hydroxylation is 1. The average Bonchev–Trinajstić information content (AvgIpc) is 2.63. The molecule has 0 heterocycles. The Morgan fingerprint density at radius 3 is 2.35 bits per heavy atom. The molecule has 140 valence electrons. The quantitative estimate of drug-likeness (QED) is 0.548. The van der Waals surface area contributed by atoms with E-state index < -0.39 is 0 Å². The summed E-state index contributed by atoms with van der Waals surface area (Å²) in [5, 5.41) is 3.60. The lowest BCUT2D eigenvalue weighted by molar-refractivity contribution is -0.116. The molecule has 0 spiro atoms. The van der Waals surface area contributed by atoms with Crippen LogP contribution in [0.25, 0.3) is 0 Å². The van der Waals surface area contributed by atoms with Crippen molar-refractivity contribution in [2.45, 2.75) is 39.5 Å². The molecule has 0 saturated heterocycles. The van der Waals surface area contributed by atoms with Crippen LogP contribution >= 0.6 is 11.6 Å². The van der Waals surface area contributed by atoms with Crippen LogP contribution in [-0.2, 0) is 4.79 Å². The second-order valence-corrected chi connectivity index (χ2v) is 6.54. The van der Waals surface area contributed by atoms with Crippen LogP contribution in [0.15, 0.2) is 42.5 Å². The number of anilines is 1. The largest absolute Gasteiger partial charge is 0.494 e. The molecule has 2 aromatic carbocycles. The van der Waals surface area contributed by atoms with E-state index in [0.29, 0.717) is 19.4 Å². The molecule has 0 aromatic heterocycles. The first kappa shape index (κ1) is 20.1. The van der Waals surface area contributed by atoms with Crippen LogP contribution in [0.1, 0.15) is 38.2 Å². The summed E-state index contributed by atoms with van der Waals surface area (Å²) in [6, 6.07) is 13.0. The lowest BCUT2D eigenvalue weighted by Gasteiger charge is -2.09. The van der Waals surface area contributed by atoms with Gasteiger partial charge < -0.3 is 14.8 Å². The van der Waals surface area contributed by atoms with Crippen molar-refractivity contribution in [2.24, 2.45) is 0 Å². The zero-order valence-electron chi connectivity index (χ0n) is 15.4. The van der Waals surface area contributed by atoms with Gasteiger partial charge in [0.1, 0.15) is 11.5 Å². The van der Waals surface area contributed by atoms with Crippen molar-refractivity contribution in [2.75, 3.05) is 18.5 Å². The van der Waals surface area contributed by atoms with Crippen molar-refractivity contribution in [1.29, 1.82) is 0 Å². The van der Waals surface area contributed by atoms with Crippen LogP contribution in [0.5, 0.6) is 11.5 Å². The minimum atomic E-state index is -0.0273. The maximum Gasteiger partial charge on any atom is 0.224 e. The van der Waals surface area contributed by atoms with Gasteiger partial charge in [0.2, 0.25) is 5.91 Å². The van der Waals surface area contributed by atoms with Crippen molar-refractivity contribution >= 4 is 23.2 Å². The molecule has 0 saturated carbocycles. The standard InChI is InChI=1S/C21H26ClNO3/c1-3-4-13-25-18-9-7-17(8-10-18)23-21(24)6-5-14-26-19-11-12-20(22)16(2)15-19/h7-12,15H,3-6,13-14H2,1-2H3,(H,23,24). The Hall–Kier alpha value is -2.20. The molecule has 0 aliphatic rings. The van der Waals surface area contributed by atoms with Crippen molar-refractivity contribution in [1.82, 2.24) is 0 Å². The summed E-state index contributed by atoms with van der Waals surface area (Å²) in [5.74, 6) is 1.56. The van der Waals surface area contributed by atoms with Gasteiger partial charge in [0, 0.05) is 17.1 Å². The van der Waals surface area contributed by atoms with Crippen molar-refractivity contribution in [3.8, 4) is 11.5 Å². The molecule has 2 rings (SSSR count). The molecule has 4 nitrogen and oxygen atoms in total. The molecular weight excluding hydrogens is 350 g/mol. The van der Waals surface area contributed by atoms with Gasteiger partial charge in [0.05, 0.1) is 13.2 Å². The van der Waals surface area contributed by atoms with E-state index in [1.807, 2.05) is 49.4 Å². The number of hydrogen-bond acceptors (Lipinski definition) is 3. The molecule has 1 amide bonds. The lowest BCUT2D eigenvalue weighted by atomic mass is 10.2. The van der Waals surface area contributed by atoms with Gasteiger partial charge in [-0.1, -0.05) is 24.9 Å². The van der Waals surface area contributed by atoms with Crippen molar-refractivity contribution < 1.29 is 14.3 Å². The first-order valence-electron chi connectivity index (χ1n) is 9.00. The SMILES string of the molecule is CCCCOc1ccc(NC(=O)CCCOc2ccc(Cl)c(C)c2)cc1. The van der Waals surface area contributed by atoms with E-state index in [-0.39, 0.29) is 5.91 Å². The highest BCUT2D eigenvalue weighted by molar-refractivity contribution is 6.31. The summed E-state index contributed by atoms with van der Waals surface area (Å²) in [5.41, 5.74) is 1.75. The zero-order valence-corrected chi connectivity index (χ0v) is 16.1. The van der Waals surface area contributed by atoms with Crippen LogP contribution in [0.4, 0.5) is 5.69 Å². The average molecular weight is 376 g/mol. The van der Waals surface area contributed by atoms with Crippen molar-refractivity contribution in [3.63, 3.8) is 0 Å². The first-order valence-corrected chi connectivity index (χ1v) is 9.38. The number of ether oxygens (including phenoxy) is 2. The normalized spacial score (nSPS) is 10.4. The van der Waals surface area contributed by atoms with E-state index >= 15 is 0 Å². The van der Waals surface area contributed by atoms with Gasteiger partial charge >= 0.3 is 0 Å². The number of carbonyl (C=O) groups excluding carboxylic acids is 1. The van der Waals surface area contributed by atoms with Crippen LogP contribution in [0.2, 0.25) is 5.02 Å². The smallest absolute Gasteiger partial charge is 0.224 e. The highest BCUT2D eigenvalue weighted by Crippen LogP contribution is 2.21. The molecule has 0 radical (unpaired) electrons. The van der Waals surface area contributed by atoms with Gasteiger partial charge in [-0.15, -0.1) is 0 Å². The first-order chi connectivity index (χ1) is 12.6. The maximum absolute atomic E-state index is 12.0. The molecule has 0 fully saturated rings. The summed E-state index contributed by atoms with van der Waals surface area (Å²) < 4.78 is 11.3. The van der Waals surface area contributed by atoms with Gasteiger partial charge in [0.25, 0.3) is 0 Å². The number of rotatable bonds is 10. The van der Waals surface area contributed by atoms with Gasteiger partial charge in [-0.2, -0.15) is 0 Å². The minimum Gasteiger partial charge on any atom is -0.494 e. The fourth-order valence-electron chi connectivity index (χ4n) is 2.32. The second kappa shape index (κ2) is 10.7. The molecular formula is C21H26ClNO3. The third-order valence-electron chi connectivity index (χ3n) is 3.85. The van der Waals surface area contributed by atoms with Crippen LogP contribution in [0, 0.1) is 6.92 Å². The van der Waals surface area contributed by atoms with Gasteiger partial charge in [-0.3, -0.25) is 4.79 Å². The van der Waals surface area contributed by atoms with Gasteiger partial charge in [-0.05, 0) is 67.8 Å². The van der Waals surface area contributed by atoms with E-state index in [1.54, 1.807) is 0 Å². The molecule has 1 N–H and O–H groups in total. The molecule has 0 bridgehead atoms. The monoisotopic (exact) mass is 375 g/mol. The van der Waals surface area contributed by atoms with E-state index in [2.05, 4.69) is 12.2 Å². The summed E-state index contributed by atoms with van der Waals surface area (Å²) >= 11 is 5.99. The predicted octanol–water partition coefficient (Wildman–Crippen LogP) is 5.63. The Morgan fingerprint density at radius 1 is 1.00 bits per heavy atom. The van der Waals surface area contributed by atoms with Gasteiger partial charge in [-0.25, -0.2) is 0 Å². The zero-order chi connectivity index (χ0) is 18.8. The lowest BCUT2D eigenvalue weighted by Crippen LogP contribution is -2.12. The maximum atomic E-state index is 12.0. The number of halogens is 1. The molecule has 5 heteroatoms. The fourth-order valence-corrected chi connectivity index (χ4v) is 2.44. The van der Waals surface area contributed by atoms with E-state index in [0.717, 1.165) is 47.2 Å². The number of benzene rings is 2. The van der Waals surface area contributed by atoms with Crippen LogP contribution < -0.4 is 14.8 Å². The topological polar surface area (TPSA) is 47.6 Å². The Balaban J connectivity index is 1.67. The van der Waals surface area contributed by atoms with E-state index in [4.69, 9.17) is 21.1 Å². The number of carbonyl (C=O) groups is 1. The Morgan fingerprint density at radius 2 is 1.65 bits per heavy atom. The highest BCUT2D eigenvalue weighted by atomic mass is 35.5. The van der Waals surface area contributed by atoms with E-state index in [1.165, 1.54) is 0 Å². The molecule has 0 unspecified atom stereocenters. The summed E-state index contributed by atoms with van der Waals surface area (Å²) in [6.07, 6.45) is 3.19. The fraction of sp³-hybridized carbons (Fsp3) is 0.381. The number of amides is 1. The third-order valence-corrected chi connectivity index (χ3v) is 4.28. The van der Waals surface area contributed by atoms with Crippen LogP contribution in [-0.4, -0.2) is 19.1 Å². The molecule has 0 aliphatic heterocycles. The Kier molecular flexibility index (Phi) is 8.29. The second-order valence-electron chi connectivity index (χ2n) is 6.14. The van der Waals surface area contributed by atoms with E-state index in [9.17, 15) is 4.79 Å². The molecule has 0 aliphatic carbocycles. The number of nitrogens with one attached hydrogen (secondary N) is 1. The van der Waals surface area contributed by atoms with Crippen molar-refractivity contribution in [3.05, 3.63) is 53.1 Å². The molecule has 0 atom stereocenters. The Bertz CT molecular complexity index is 701. The van der Waals surface area contributed by atoms with Gasteiger partial charge in [0.15, 0.2) is 0 Å². The number of hydrogen-bond donors (Lipinski definition) is 1. The Labute approximate surface area is 160 Å².